The van der Waals surface area contributed by atoms with Gasteiger partial charge in [-0.25, -0.2) is 0 Å². The van der Waals surface area contributed by atoms with Crippen LogP contribution in [0.5, 0.6) is 0 Å². The molecule has 2 heteroatoms. The summed E-state index contributed by atoms with van der Waals surface area (Å²) in [5.74, 6) is 0. The van der Waals surface area contributed by atoms with Gasteiger partial charge < -0.3 is 5.32 Å². The van der Waals surface area contributed by atoms with Crippen molar-refractivity contribution in [2.45, 2.75) is 38.1 Å². The van der Waals surface area contributed by atoms with E-state index in [0.717, 1.165) is 24.0 Å². The molecule has 0 radical (unpaired) electrons. The molecule has 1 N–H and O–H groups in total. The Hall–Kier alpha value is -0.530. The molecule has 0 bridgehead atoms. The minimum Gasteiger partial charge on any atom is -0.314 e. The topological polar surface area (TPSA) is 12.0 Å². The largest absolute Gasteiger partial charge is 0.314 e. The molecule has 0 spiro atoms. The highest BCUT2D eigenvalue weighted by atomic mass is 35.5. The quantitative estimate of drug-likeness (QED) is 0.825. The van der Waals surface area contributed by atoms with Crippen LogP contribution in [0.25, 0.3) is 0 Å². The molecule has 1 aromatic carbocycles. The monoisotopic (exact) mass is 223 g/mol. The van der Waals surface area contributed by atoms with Crippen molar-refractivity contribution in [1.29, 1.82) is 0 Å². The highest BCUT2D eigenvalue weighted by molar-refractivity contribution is 6.30. The van der Waals surface area contributed by atoms with Crippen molar-refractivity contribution < 1.29 is 0 Å². The first-order chi connectivity index (χ1) is 7.34. The lowest BCUT2D eigenvalue weighted by Crippen LogP contribution is -2.27. The fourth-order valence-electron chi connectivity index (χ4n) is 2.24. The van der Waals surface area contributed by atoms with Gasteiger partial charge in [0.25, 0.3) is 0 Å². The van der Waals surface area contributed by atoms with Crippen LogP contribution in [0.2, 0.25) is 5.02 Å². The first-order valence-corrected chi connectivity index (χ1v) is 6.20. The summed E-state index contributed by atoms with van der Waals surface area (Å²) in [6, 6.07) is 8.91. The minimum atomic E-state index is 0.768. The van der Waals surface area contributed by atoms with Crippen molar-refractivity contribution >= 4 is 11.6 Å². The predicted molar refractivity (Wildman–Crippen MR) is 65.4 cm³/mol. The van der Waals surface area contributed by atoms with E-state index in [2.05, 4.69) is 17.4 Å². The Balaban J connectivity index is 1.73. The summed E-state index contributed by atoms with van der Waals surface area (Å²) in [4.78, 5) is 0. The zero-order valence-electron chi connectivity index (χ0n) is 9.01. The van der Waals surface area contributed by atoms with Crippen molar-refractivity contribution in [2.24, 2.45) is 0 Å². The first kappa shape index (κ1) is 11.0. The van der Waals surface area contributed by atoms with E-state index in [0.29, 0.717) is 0 Å². The lowest BCUT2D eigenvalue weighted by Gasteiger charge is -2.11. The Kier molecular flexibility index (Phi) is 4.04. The molecule has 2 rings (SSSR count). The zero-order valence-corrected chi connectivity index (χ0v) is 9.76. The summed E-state index contributed by atoms with van der Waals surface area (Å²) in [6.07, 6.45) is 6.59. The lowest BCUT2D eigenvalue weighted by molar-refractivity contribution is 0.528. The molecule has 0 heterocycles. The molecule has 15 heavy (non-hydrogen) atoms. The molecule has 0 amide bonds. The van der Waals surface area contributed by atoms with E-state index in [1.54, 1.807) is 0 Å². The van der Waals surface area contributed by atoms with Crippen LogP contribution in [0.15, 0.2) is 24.3 Å². The second kappa shape index (κ2) is 5.53. The summed E-state index contributed by atoms with van der Waals surface area (Å²) in [5, 5.41) is 4.45. The van der Waals surface area contributed by atoms with Crippen LogP contribution >= 0.6 is 11.6 Å². The molecule has 0 atom stereocenters. The molecule has 0 aliphatic heterocycles. The summed E-state index contributed by atoms with van der Waals surface area (Å²) >= 11 is 5.93. The van der Waals surface area contributed by atoms with Gasteiger partial charge in [0, 0.05) is 11.1 Å². The van der Waals surface area contributed by atoms with Gasteiger partial charge in [-0.2, -0.15) is 0 Å². The molecule has 1 nitrogen and oxygen atoms in total. The van der Waals surface area contributed by atoms with Gasteiger partial charge in [-0.15, -0.1) is 0 Å². The van der Waals surface area contributed by atoms with Crippen LogP contribution in [0, 0.1) is 0 Å². The molecule has 0 saturated heterocycles. The van der Waals surface area contributed by atoms with Crippen LogP contribution < -0.4 is 5.32 Å². The van der Waals surface area contributed by atoms with Crippen LogP contribution in [-0.2, 0) is 6.42 Å². The van der Waals surface area contributed by atoms with Crippen molar-refractivity contribution in [3.8, 4) is 0 Å². The average molecular weight is 224 g/mol. The highest BCUT2D eigenvalue weighted by Crippen LogP contribution is 2.17. The maximum atomic E-state index is 5.93. The second-order valence-electron chi connectivity index (χ2n) is 4.32. The SMILES string of the molecule is Clc1cccc(CCNC2CCCC2)c1. The van der Waals surface area contributed by atoms with E-state index in [4.69, 9.17) is 11.6 Å². The fraction of sp³-hybridized carbons (Fsp3) is 0.538. The van der Waals surface area contributed by atoms with Crippen molar-refractivity contribution in [3.63, 3.8) is 0 Å². The standard InChI is InChI=1S/C13H18ClN/c14-12-5-3-4-11(10-12)8-9-15-13-6-1-2-7-13/h3-5,10,13,15H,1-2,6-9H2. The normalized spacial score (nSPS) is 17.1. The Labute approximate surface area is 96.8 Å². The third kappa shape index (κ3) is 3.51. The third-order valence-corrected chi connectivity index (χ3v) is 3.33. The van der Waals surface area contributed by atoms with Gasteiger partial charge in [0.05, 0.1) is 0 Å². The number of hydrogen-bond donors (Lipinski definition) is 1. The van der Waals surface area contributed by atoms with E-state index < -0.39 is 0 Å². The Morgan fingerprint density at radius 2 is 2.07 bits per heavy atom. The molecule has 0 aromatic heterocycles. The van der Waals surface area contributed by atoms with E-state index in [1.165, 1.54) is 31.2 Å². The van der Waals surface area contributed by atoms with Crippen LogP contribution in [-0.4, -0.2) is 12.6 Å². The molecule has 1 aliphatic carbocycles. The van der Waals surface area contributed by atoms with Gasteiger partial charge in [-0.3, -0.25) is 0 Å². The van der Waals surface area contributed by atoms with Gasteiger partial charge in [0.1, 0.15) is 0 Å². The zero-order chi connectivity index (χ0) is 10.5. The number of rotatable bonds is 4. The second-order valence-corrected chi connectivity index (χ2v) is 4.75. The summed E-state index contributed by atoms with van der Waals surface area (Å²) in [6.45, 7) is 1.07. The Morgan fingerprint density at radius 1 is 1.27 bits per heavy atom. The van der Waals surface area contributed by atoms with Crippen LogP contribution in [0.4, 0.5) is 0 Å². The maximum absolute atomic E-state index is 5.93. The molecule has 82 valence electrons. The predicted octanol–water partition coefficient (Wildman–Crippen LogP) is 3.41. The summed E-state index contributed by atoms with van der Waals surface area (Å²) in [7, 11) is 0. The van der Waals surface area contributed by atoms with E-state index >= 15 is 0 Å². The van der Waals surface area contributed by atoms with Gasteiger partial charge in [0.2, 0.25) is 0 Å². The maximum Gasteiger partial charge on any atom is 0.0408 e. The molecule has 1 aromatic rings. The van der Waals surface area contributed by atoms with Gasteiger partial charge in [0.15, 0.2) is 0 Å². The Bertz CT molecular complexity index is 305. The van der Waals surface area contributed by atoms with Crippen LogP contribution in [0.3, 0.4) is 0 Å². The van der Waals surface area contributed by atoms with Crippen LogP contribution in [0.1, 0.15) is 31.2 Å². The Morgan fingerprint density at radius 3 is 2.80 bits per heavy atom. The number of halogens is 1. The molecular weight excluding hydrogens is 206 g/mol. The van der Waals surface area contributed by atoms with E-state index in [-0.39, 0.29) is 0 Å². The van der Waals surface area contributed by atoms with Crippen molar-refractivity contribution in [2.75, 3.05) is 6.54 Å². The summed E-state index contributed by atoms with van der Waals surface area (Å²) < 4.78 is 0. The highest BCUT2D eigenvalue weighted by Gasteiger charge is 2.13. The summed E-state index contributed by atoms with van der Waals surface area (Å²) in [5.41, 5.74) is 1.33. The van der Waals surface area contributed by atoms with E-state index in [1.807, 2.05) is 12.1 Å². The fourth-order valence-corrected chi connectivity index (χ4v) is 2.46. The molecule has 1 saturated carbocycles. The molecule has 0 unspecified atom stereocenters. The molecule has 1 aliphatic rings. The number of benzene rings is 1. The van der Waals surface area contributed by atoms with Gasteiger partial charge in [-0.05, 0) is 43.5 Å². The smallest absolute Gasteiger partial charge is 0.0408 e. The van der Waals surface area contributed by atoms with Gasteiger partial charge in [-0.1, -0.05) is 36.6 Å². The molecular formula is C13H18ClN. The van der Waals surface area contributed by atoms with Gasteiger partial charge >= 0.3 is 0 Å². The van der Waals surface area contributed by atoms with E-state index in [9.17, 15) is 0 Å². The lowest BCUT2D eigenvalue weighted by atomic mass is 10.1. The van der Waals surface area contributed by atoms with Crippen molar-refractivity contribution in [1.82, 2.24) is 5.32 Å². The minimum absolute atomic E-state index is 0.768. The third-order valence-electron chi connectivity index (χ3n) is 3.09. The average Bonchev–Trinajstić information content (AvgIpc) is 2.71. The number of nitrogens with one attached hydrogen (secondary N) is 1. The number of hydrogen-bond acceptors (Lipinski definition) is 1. The molecule has 1 fully saturated rings. The van der Waals surface area contributed by atoms with Crippen molar-refractivity contribution in [3.05, 3.63) is 34.9 Å². The first-order valence-electron chi connectivity index (χ1n) is 5.82.